The van der Waals surface area contributed by atoms with Crippen LogP contribution in [0, 0.1) is 0 Å². The van der Waals surface area contributed by atoms with Crippen molar-refractivity contribution in [3.05, 3.63) is 102 Å². The normalized spacial score (nSPS) is 11.8. The third-order valence-corrected chi connectivity index (χ3v) is 5.22. The summed E-state index contributed by atoms with van der Waals surface area (Å²) in [6.07, 6.45) is 0.814. The highest BCUT2D eigenvalue weighted by atomic mass is 16.5. The van der Waals surface area contributed by atoms with E-state index in [9.17, 15) is 19.9 Å². The topological polar surface area (TPSA) is 86.6 Å². The van der Waals surface area contributed by atoms with Gasteiger partial charge in [-0.1, -0.05) is 66.7 Å². The molecule has 0 spiro atoms. The minimum absolute atomic E-state index is 0.144. The summed E-state index contributed by atoms with van der Waals surface area (Å²) in [4.78, 5) is 24.2. The highest BCUT2D eigenvalue weighted by Crippen LogP contribution is 2.33. The van der Waals surface area contributed by atoms with Crippen LogP contribution < -0.4 is 5.48 Å². The molecule has 0 bridgehead atoms. The fourth-order valence-corrected chi connectivity index (χ4v) is 3.78. The summed E-state index contributed by atoms with van der Waals surface area (Å²) >= 11 is 0. The number of phenols is 1. The fraction of sp³-hybridized carbons (Fsp3) is 0.0400. The van der Waals surface area contributed by atoms with Crippen LogP contribution in [0.25, 0.3) is 21.9 Å². The predicted octanol–water partition coefficient (Wildman–Crippen LogP) is 4.66. The van der Waals surface area contributed by atoms with Gasteiger partial charge in [0.15, 0.2) is 6.29 Å². The number of fused-ring (bicyclic) bond motifs is 1. The number of aromatic hydroxyl groups is 1. The van der Waals surface area contributed by atoms with Gasteiger partial charge in [0.05, 0.1) is 5.92 Å². The van der Waals surface area contributed by atoms with Crippen LogP contribution in [-0.2, 0) is 4.79 Å². The minimum atomic E-state index is -0.657. The predicted molar refractivity (Wildman–Crippen MR) is 115 cm³/mol. The molecule has 4 aromatic rings. The average molecular weight is 397 g/mol. The summed E-state index contributed by atoms with van der Waals surface area (Å²) in [5.74, 6) is -1.03. The van der Waals surface area contributed by atoms with Crippen molar-refractivity contribution >= 4 is 23.0 Å². The molecule has 0 aliphatic heterocycles. The first-order valence-corrected chi connectivity index (χ1v) is 9.42. The first-order chi connectivity index (χ1) is 14.6. The molecule has 0 saturated heterocycles. The van der Waals surface area contributed by atoms with Crippen molar-refractivity contribution in [3.63, 3.8) is 0 Å². The van der Waals surface area contributed by atoms with Gasteiger partial charge in [-0.15, -0.1) is 0 Å². The summed E-state index contributed by atoms with van der Waals surface area (Å²) in [6.45, 7) is 0. The van der Waals surface area contributed by atoms with Crippen molar-refractivity contribution in [1.29, 1.82) is 0 Å². The van der Waals surface area contributed by atoms with Crippen LogP contribution in [0.15, 0.2) is 84.9 Å². The third-order valence-electron chi connectivity index (χ3n) is 5.22. The maximum absolute atomic E-state index is 12.3. The van der Waals surface area contributed by atoms with Crippen LogP contribution in [-0.4, -0.2) is 22.5 Å². The first-order valence-electron chi connectivity index (χ1n) is 9.42. The molecular weight excluding hydrogens is 378 g/mol. The van der Waals surface area contributed by atoms with Crippen molar-refractivity contribution in [3.8, 4) is 16.9 Å². The molecule has 148 valence electrons. The maximum Gasteiger partial charge on any atom is 0.255 e. The van der Waals surface area contributed by atoms with Gasteiger partial charge in [0.25, 0.3) is 5.91 Å². The summed E-state index contributed by atoms with van der Waals surface area (Å²) in [5.41, 5.74) is 5.35. The second-order valence-electron chi connectivity index (χ2n) is 6.99. The zero-order chi connectivity index (χ0) is 21.1. The van der Waals surface area contributed by atoms with E-state index in [0.29, 0.717) is 5.56 Å². The fourth-order valence-electron chi connectivity index (χ4n) is 3.78. The number of amides is 1. The number of aldehydes is 1. The van der Waals surface area contributed by atoms with Gasteiger partial charge < -0.3 is 5.11 Å². The average Bonchev–Trinajstić information content (AvgIpc) is 2.79. The molecule has 30 heavy (non-hydrogen) atoms. The molecule has 0 radical (unpaired) electrons. The van der Waals surface area contributed by atoms with E-state index in [-0.39, 0.29) is 5.75 Å². The Balaban J connectivity index is 1.77. The molecule has 0 aromatic heterocycles. The molecular formula is C25H19NO4. The van der Waals surface area contributed by atoms with Crippen LogP contribution in [0.5, 0.6) is 5.75 Å². The van der Waals surface area contributed by atoms with E-state index in [1.807, 2.05) is 66.7 Å². The molecule has 4 aromatic carbocycles. The number of carbonyl (C=O) groups is 2. The van der Waals surface area contributed by atoms with E-state index in [0.717, 1.165) is 39.3 Å². The largest absolute Gasteiger partial charge is 0.508 e. The molecule has 0 fully saturated rings. The van der Waals surface area contributed by atoms with Crippen molar-refractivity contribution in [2.45, 2.75) is 5.92 Å². The van der Waals surface area contributed by atoms with Gasteiger partial charge in [0.1, 0.15) is 5.75 Å². The molecule has 0 heterocycles. The van der Waals surface area contributed by atoms with Crippen molar-refractivity contribution < 1.29 is 19.9 Å². The summed E-state index contributed by atoms with van der Waals surface area (Å²) in [7, 11) is 0. The van der Waals surface area contributed by atoms with Crippen LogP contribution >= 0.6 is 0 Å². The van der Waals surface area contributed by atoms with Gasteiger partial charge in [0, 0.05) is 5.56 Å². The zero-order valence-electron chi connectivity index (χ0n) is 15.9. The Morgan fingerprint density at radius 1 is 0.867 bits per heavy atom. The van der Waals surface area contributed by atoms with Gasteiger partial charge in [-0.2, -0.15) is 0 Å². The lowest BCUT2D eigenvalue weighted by Crippen LogP contribution is -2.27. The number of hydrogen-bond donors (Lipinski definition) is 3. The second kappa shape index (κ2) is 8.19. The van der Waals surface area contributed by atoms with E-state index < -0.39 is 11.8 Å². The van der Waals surface area contributed by atoms with Crippen LogP contribution in [0.4, 0.5) is 0 Å². The highest BCUT2D eigenvalue weighted by Gasteiger charge is 2.22. The Hall–Kier alpha value is -3.96. The van der Waals surface area contributed by atoms with Crippen LogP contribution in [0.1, 0.15) is 27.4 Å². The van der Waals surface area contributed by atoms with E-state index in [1.54, 1.807) is 23.7 Å². The molecule has 5 heteroatoms. The SMILES string of the molecule is O=Cc1c(-c2ccc(C(C(=O)NO)c3ccccc3)cc2)ccc2cc(O)ccc12. The summed E-state index contributed by atoms with van der Waals surface area (Å²) in [5, 5.41) is 20.4. The third kappa shape index (κ3) is 3.54. The van der Waals surface area contributed by atoms with Gasteiger partial charge in [-0.3, -0.25) is 14.8 Å². The molecule has 4 rings (SSSR count). The second-order valence-corrected chi connectivity index (χ2v) is 6.99. The Kier molecular flexibility index (Phi) is 5.28. The summed E-state index contributed by atoms with van der Waals surface area (Å²) in [6, 6.07) is 25.1. The van der Waals surface area contributed by atoms with Crippen LogP contribution in [0.2, 0.25) is 0 Å². The maximum atomic E-state index is 12.3. The Labute approximate surface area is 173 Å². The van der Waals surface area contributed by atoms with Gasteiger partial charge >= 0.3 is 0 Å². The van der Waals surface area contributed by atoms with Gasteiger partial charge in [-0.25, -0.2) is 5.48 Å². The van der Waals surface area contributed by atoms with Crippen molar-refractivity contribution in [2.24, 2.45) is 0 Å². The minimum Gasteiger partial charge on any atom is -0.508 e. The van der Waals surface area contributed by atoms with Crippen molar-refractivity contribution in [1.82, 2.24) is 5.48 Å². The summed E-state index contributed by atoms with van der Waals surface area (Å²) < 4.78 is 0. The standard InChI is InChI=1S/C25H19NO4/c27-15-23-21(12-10-19-14-20(28)11-13-22(19)23)16-6-8-18(9-7-16)24(25(29)26-30)17-4-2-1-3-5-17/h1-15,24,28,30H,(H,26,29). The van der Waals surface area contributed by atoms with Gasteiger partial charge in [0.2, 0.25) is 0 Å². The highest BCUT2D eigenvalue weighted by molar-refractivity contribution is 6.05. The number of rotatable bonds is 5. The molecule has 0 saturated carbocycles. The van der Waals surface area contributed by atoms with E-state index >= 15 is 0 Å². The van der Waals surface area contributed by atoms with E-state index in [4.69, 9.17) is 0 Å². The lowest BCUT2D eigenvalue weighted by atomic mass is 9.88. The first kappa shape index (κ1) is 19.4. The molecule has 1 unspecified atom stereocenters. The van der Waals surface area contributed by atoms with Crippen molar-refractivity contribution in [2.75, 3.05) is 0 Å². The quantitative estimate of drug-likeness (QED) is 0.260. The van der Waals surface area contributed by atoms with Gasteiger partial charge in [-0.05, 0) is 51.2 Å². The number of nitrogens with one attached hydrogen (secondary N) is 1. The Bertz CT molecular complexity index is 1220. The lowest BCUT2D eigenvalue weighted by Gasteiger charge is -2.17. The van der Waals surface area contributed by atoms with Crippen LogP contribution in [0.3, 0.4) is 0 Å². The zero-order valence-corrected chi connectivity index (χ0v) is 15.9. The Morgan fingerprint density at radius 2 is 1.57 bits per heavy atom. The van der Waals surface area contributed by atoms with E-state index in [1.165, 1.54) is 0 Å². The lowest BCUT2D eigenvalue weighted by molar-refractivity contribution is -0.129. The number of phenolic OH excluding ortho intramolecular Hbond substituents is 1. The monoisotopic (exact) mass is 397 g/mol. The smallest absolute Gasteiger partial charge is 0.255 e. The molecule has 0 aliphatic rings. The Morgan fingerprint density at radius 3 is 2.23 bits per heavy atom. The number of benzene rings is 4. The number of hydroxylamine groups is 1. The molecule has 5 nitrogen and oxygen atoms in total. The molecule has 0 aliphatic carbocycles. The number of carbonyl (C=O) groups excluding carboxylic acids is 2. The van der Waals surface area contributed by atoms with E-state index in [2.05, 4.69) is 0 Å². The molecule has 1 amide bonds. The molecule has 1 atom stereocenters. The number of hydrogen-bond acceptors (Lipinski definition) is 4. The molecule has 3 N–H and O–H groups in total.